The van der Waals surface area contributed by atoms with Crippen molar-refractivity contribution in [1.82, 2.24) is 4.57 Å². The molecule has 0 radical (unpaired) electrons. The molecule has 2 aliphatic rings. The number of halogens is 1. The number of esters is 1. The van der Waals surface area contributed by atoms with E-state index in [1.807, 2.05) is 56.3 Å². The van der Waals surface area contributed by atoms with Crippen molar-refractivity contribution in [3.05, 3.63) is 89.0 Å². The van der Waals surface area contributed by atoms with Gasteiger partial charge in [-0.2, -0.15) is 0 Å². The molecule has 1 aromatic heterocycles. The van der Waals surface area contributed by atoms with Gasteiger partial charge >= 0.3 is 5.97 Å². The van der Waals surface area contributed by atoms with Crippen LogP contribution >= 0.6 is 27.3 Å². The van der Waals surface area contributed by atoms with E-state index in [1.165, 1.54) is 4.57 Å². The molecule has 0 unspecified atom stereocenters. The zero-order valence-electron chi connectivity index (χ0n) is 22.3. The molecule has 0 bridgehead atoms. The Morgan fingerprint density at radius 2 is 1.85 bits per heavy atom. The highest BCUT2D eigenvalue weighted by Crippen LogP contribution is 2.37. The Bertz CT molecular complexity index is 1700. The molecule has 3 heterocycles. The Morgan fingerprint density at radius 3 is 2.49 bits per heavy atom. The molecule has 2 aliphatic heterocycles. The van der Waals surface area contributed by atoms with Crippen molar-refractivity contribution in [3.8, 4) is 5.75 Å². The van der Waals surface area contributed by atoms with Crippen molar-refractivity contribution < 1.29 is 19.1 Å². The topological polar surface area (TPSA) is 90.2 Å². The molecule has 2 aromatic carbocycles. The monoisotopic (exact) mass is 609 g/mol. The molecule has 5 rings (SSSR count). The van der Waals surface area contributed by atoms with Gasteiger partial charge in [-0.15, -0.1) is 0 Å². The Kier molecular flexibility index (Phi) is 7.35. The second-order valence-electron chi connectivity index (χ2n) is 9.44. The molecule has 0 fully saturated rings. The highest BCUT2D eigenvalue weighted by atomic mass is 79.9. The smallest absolute Gasteiger partial charge is 0.338 e. The zero-order valence-corrected chi connectivity index (χ0v) is 24.7. The summed E-state index contributed by atoms with van der Waals surface area (Å²) in [6, 6.07) is 12.1. The van der Waals surface area contributed by atoms with Gasteiger partial charge in [0.25, 0.3) is 11.5 Å². The van der Waals surface area contributed by atoms with Crippen LogP contribution in [0.5, 0.6) is 5.75 Å². The van der Waals surface area contributed by atoms with E-state index in [4.69, 9.17) is 9.47 Å². The second-order valence-corrected chi connectivity index (χ2v) is 11.3. The normalized spacial score (nSPS) is 17.8. The Morgan fingerprint density at radius 1 is 1.13 bits per heavy atom. The highest BCUT2D eigenvalue weighted by Gasteiger charge is 2.37. The highest BCUT2D eigenvalue weighted by molar-refractivity contribution is 9.10. The minimum atomic E-state index is -0.779. The van der Waals surface area contributed by atoms with Gasteiger partial charge in [0, 0.05) is 16.6 Å². The van der Waals surface area contributed by atoms with Crippen molar-refractivity contribution in [2.75, 3.05) is 18.1 Å². The van der Waals surface area contributed by atoms with Crippen LogP contribution in [-0.2, 0) is 14.3 Å². The van der Waals surface area contributed by atoms with Crippen LogP contribution in [0.15, 0.2) is 68.0 Å². The first-order valence-electron chi connectivity index (χ1n) is 12.8. The molecule has 0 aliphatic carbocycles. The van der Waals surface area contributed by atoms with Crippen LogP contribution in [0.2, 0.25) is 0 Å². The van der Waals surface area contributed by atoms with Gasteiger partial charge < -0.3 is 14.4 Å². The Hall–Kier alpha value is -3.50. The fourth-order valence-corrected chi connectivity index (χ4v) is 6.47. The van der Waals surface area contributed by atoms with E-state index in [2.05, 4.69) is 20.9 Å². The summed E-state index contributed by atoms with van der Waals surface area (Å²) in [4.78, 5) is 47.9. The summed E-state index contributed by atoms with van der Waals surface area (Å²) in [6.07, 6.45) is -0.350. The molecular weight excluding hydrogens is 582 g/mol. The first kappa shape index (κ1) is 27.1. The molecule has 1 amide bonds. The number of anilines is 1. The number of fused-ring (bicyclic) bond motifs is 2. The number of nitrogens with zero attached hydrogens (tertiary/aromatic N) is 3. The summed E-state index contributed by atoms with van der Waals surface area (Å²) in [5.74, 6) is -0.0867. The van der Waals surface area contributed by atoms with Crippen molar-refractivity contribution in [2.45, 2.75) is 46.8 Å². The second kappa shape index (κ2) is 10.6. The SMILES string of the molecule is CCOc1ccc([C@H]2C(C(=O)OC(C)C)=C(C)N=c3s/c(=C4\C(=O)N(CC)c5ccc(Br)cc54)c(=O)n32)cc1. The zero-order chi connectivity index (χ0) is 28.0. The number of hydrogen-bond acceptors (Lipinski definition) is 7. The lowest BCUT2D eigenvalue weighted by Crippen LogP contribution is -2.41. The number of hydrogen-bond donors (Lipinski definition) is 0. The average molecular weight is 611 g/mol. The van der Waals surface area contributed by atoms with E-state index in [1.54, 1.807) is 25.7 Å². The lowest BCUT2D eigenvalue weighted by molar-refractivity contribution is -0.143. The summed E-state index contributed by atoms with van der Waals surface area (Å²) in [7, 11) is 0. The van der Waals surface area contributed by atoms with Gasteiger partial charge in [-0.1, -0.05) is 39.4 Å². The molecule has 10 heteroatoms. The third kappa shape index (κ3) is 4.65. The molecule has 3 aromatic rings. The van der Waals surface area contributed by atoms with Gasteiger partial charge in [0.2, 0.25) is 0 Å². The van der Waals surface area contributed by atoms with Crippen LogP contribution in [0.25, 0.3) is 5.57 Å². The van der Waals surface area contributed by atoms with Crippen LogP contribution in [0.4, 0.5) is 5.69 Å². The van der Waals surface area contributed by atoms with Crippen LogP contribution in [0.3, 0.4) is 0 Å². The summed E-state index contributed by atoms with van der Waals surface area (Å²) in [5.41, 5.74) is 2.86. The van der Waals surface area contributed by atoms with Crippen molar-refractivity contribution in [3.63, 3.8) is 0 Å². The molecule has 1 atom stereocenters. The molecule has 0 saturated heterocycles. The molecule has 39 heavy (non-hydrogen) atoms. The number of ether oxygens (including phenoxy) is 2. The number of likely N-dealkylation sites (N-methyl/N-ethyl adjacent to an activating group) is 1. The fraction of sp³-hybridized carbons (Fsp3) is 0.310. The molecule has 0 N–H and O–H groups in total. The van der Waals surface area contributed by atoms with Gasteiger partial charge in [0.05, 0.1) is 41.3 Å². The van der Waals surface area contributed by atoms with Crippen molar-refractivity contribution in [1.29, 1.82) is 0 Å². The minimum absolute atomic E-state index is 0.233. The largest absolute Gasteiger partial charge is 0.494 e. The van der Waals surface area contributed by atoms with Gasteiger partial charge in [-0.25, -0.2) is 9.79 Å². The first-order chi connectivity index (χ1) is 18.7. The fourth-order valence-electron chi connectivity index (χ4n) is 4.98. The van der Waals surface area contributed by atoms with Crippen LogP contribution < -0.4 is 24.5 Å². The third-order valence-corrected chi connectivity index (χ3v) is 8.13. The number of benzene rings is 2. The summed E-state index contributed by atoms with van der Waals surface area (Å²) < 4.78 is 13.8. The van der Waals surface area contributed by atoms with Gasteiger partial charge in [-0.3, -0.25) is 14.2 Å². The third-order valence-electron chi connectivity index (χ3n) is 6.59. The quantitative estimate of drug-likeness (QED) is 0.393. The number of carbonyl (C=O) groups is 2. The van der Waals surface area contributed by atoms with Crippen molar-refractivity contribution in [2.24, 2.45) is 4.99 Å². The molecule has 8 nitrogen and oxygen atoms in total. The summed E-state index contributed by atoms with van der Waals surface area (Å²) in [5, 5.41) is 0. The van der Waals surface area contributed by atoms with Crippen LogP contribution in [0.1, 0.15) is 51.8 Å². The summed E-state index contributed by atoms with van der Waals surface area (Å²) >= 11 is 4.66. The lowest BCUT2D eigenvalue weighted by atomic mass is 9.95. The molecule has 0 saturated carbocycles. The number of aromatic nitrogens is 1. The number of amides is 1. The predicted octanol–water partition coefficient (Wildman–Crippen LogP) is 4.08. The minimum Gasteiger partial charge on any atom is -0.494 e. The first-order valence-corrected chi connectivity index (χ1v) is 14.4. The molecular formula is C29H28BrN3O5S. The van der Waals surface area contributed by atoms with E-state index < -0.39 is 12.0 Å². The maximum Gasteiger partial charge on any atom is 0.338 e. The van der Waals surface area contributed by atoms with Gasteiger partial charge in [0.1, 0.15) is 10.3 Å². The Labute approximate surface area is 238 Å². The van der Waals surface area contributed by atoms with Gasteiger partial charge in [-0.05, 0) is 70.5 Å². The van der Waals surface area contributed by atoms with E-state index in [-0.39, 0.29) is 27.7 Å². The number of allylic oxidation sites excluding steroid dienone is 1. The van der Waals surface area contributed by atoms with E-state index in [0.717, 1.165) is 21.5 Å². The van der Waals surface area contributed by atoms with E-state index in [0.29, 0.717) is 46.1 Å². The lowest BCUT2D eigenvalue weighted by Gasteiger charge is -2.25. The van der Waals surface area contributed by atoms with Crippen molar-refractivity contribution >= 4 is 50.4 Å². The maximum atomic E-state index is 14.2. The number of rotatable bonds is 6. The molecule has 0 spiro atoms. The standard InChI is InChI=1S/C29H28BrN3O5S/c1-6-32-21-13-10-18(30)14-20(21)23(26(32)34)25-27(35)33-24(17-8-11-19(12-9-17)37-7-2)22(28(36)38-15(3)4)16(5)31-29(33)39-25/h8-15,24H,6-7H2,1-5H3/b25-23-/t24-/m0/s1. The maximum absolute atomic E-state index is 14.2. The Balaban J connectivity index is 1.79. The number of carbonyl (C=O) groups excluding carboxylic acids is 2. The summed E-state index contributed by atoms with van der Waals surface area (Å²) in [6.45, 7) is 10.1. The number of thiazole rings is 1. The van der Waals surface area contributed by atoms with E-state index in [9.17, 15) is 14.4 Å². The van der Waals surface area contributed by atoms with Crippen LogP contribution in [0, 0.1) is 0 Å². The van der Waals surface area contributed by atoms with E-state index >= 15 is 0 Å². The average Bonchev–Trinajstić information content (AvgIpc) is 3.34. The molecule has 202 valence electrons. The van der Waals surface area contributed by atoms with Crippen LogP contribution in [-0.4, -0.2) is 35.7 Å². The predicted molar refractivity (Wildman–Crippen MR) is 154 cm³/mol. The van der Waals surface area contributed by atoms with Gasteiger partial charge in [0.15, 0.2) is 4.80 Å².